The number of ether oxygens (including phenoxy) is 1. The monoisotopic (exact) mass is 353 g/mol. The second kappa shape index (κ2) is 7.81. The van der Waals surface area contributed by atoms with Gasteiger partial charge in [-0.2, -0.15) is 11.3 Å². The van der Waals surface area contributed by atoms with E-state index >= 15 is 0 Å². The second-order valence-electron chi connectivity index (χ2n) is 4.81. The molecule has 1 heterocycles. The molecule has 4 heteroatoms. The van der Waals surface area contributed by atoms with Crippen LogP contribution in [0.5, 0.6) is 5.75 Å². The van der Waals surface area contributed by atoms with Gasteiger partial charge in [-0.25, -0.2) is 0 Å². The Morgan fingerprint density at radius 1 is 1.35 bits per heavy atom. The quantitative estimate of drug-likeness (QED) is 0.715. The fourth-order valence-corrected chi connectivity index (χ4v) is 3.34. The standard InChI is InChI=1S/C16H20BrNOS/c1-3-5-18-9-14-8-15(17)7-12(2)16(14)19-10-13-4-6-20-11-13/h4,6-8,11,18H,3,5,9-10H2,1-2H3. The van der Waals surface area contributed by atoms with Gasteiger partial charge in [-0.05, 0) is 60.0 Å². The molecule has 20 heavy (non-hydrogen) atoms. The van der Waals surface area contributed by atoms with Crippen molar-refractivity contribution in [1.29, 1.82) is 0 Å². The molecule has 0 saturated carbocycles. The summed E-state index contributed by atoms with van der Waals surface area (Å²) in [5, 5.41) is 7.65. The lowest BCUT2D eigenvalue weighted by molar-refractivity contribution is 0.300. The van der Waals surface area contributed by atoms with E-state index in [0.29, 0.717) is 6.61 Å². The van der Waals surface area contributed by atoms with E-state index in [0.717, 1.165) is 29.7 Å². The fraction of sp³-hybridized carbons (Fsp3) is 0.375. The van der Waals surface area contributed by atoms with Crippen molar-refractivity contribution in [3.63, 3.8) is 0 Å². The molecule has 0 aliphatic rings. The highest BCUT2D eigenvalue weighted by molar-refractivity contribution is 9.10. The van der Waals surface area contributed by atoms with Gasteiger partial charge in [0.05, 0.1) is 0 Å². The smallest absolute Gasteiger partial charge is 0.127 e. The van der Waals surface area contributed by atoms with Crippen molar-refractivity contribution in [3.8, 4) is 5.75 Å². The van der Waals surface area contributed by atoms with E-state index in [1.165, 1.54) is 16.7 Å². The number of hydrogen-bond donors (Lipinski definition) is 1. The van der Waals surface area contributed by atoms with Crippen LogP contribution >= 0.6 is 27.3 Å². The van der Waals surface area contributed by atoms with Crippen molar-refractivity contribution in [1.82, 2.24) is 5.32 Å². The number of nitrogens with one attached hydrogen (secondary N) is 1. The van der Waals surface area contributed by atoms with Gasteiger partial charge in [0.15, 0.2) is 0 Å². The van der Waals surface area contributed by atoms with Crippen molar-refractivity contribution in [2.24, 2.45) is 0 Å². The molecule has 1 aromatic carbocycles. The summed E-state index contributed by atoms with van der Waals surface area (Å²) in [5.74, 6) is 1.00. The Morgan fingerprint density at radius 2 is 2.20 bits per heavy atom. The minimum atomic E-state index is 0.632. The van der Waals surface area contributed by atoms with Crippen LogP contribution in [-0.4, -0.2) is 6.54 Å². The Morgan fingerprint density at radius 3 is 2.90 bits per heavy atom. The third-order valence-electron chi connectivity index (χ3n) is 3.02. The van der Waals surface area contributed by atoms with Crippen LogP contribution in [0.1, 0.15) is 30.0 Å². The van der Waals surface area contributed by atoms with Gasteiger partial charge in [0.1, 0.15) is 12.4 Å². The van der Waals surface area contributed by atoms with E-state index in [2.05, 4.69) is 64.1 Å². The van der Waals surface area contributed by atoms with Crippen molar-refractivity contribution in [3.05, 3.63) is 50.1 Å². The minimum absolute atomic E-state index is 0.632. The van der Waals surface area contributed by atoms with Gasteiger partial charge in [0.2, 0.25) is 0 Å². The van der Waals surface area contributed by atoms with E-state index in [1.807, 2.05) is 0 Å². The first kappa shape index (κ1) is 15.5. The molecule has 0 radical (unpaired) electrons. The van der Waals surface area contributed by atoms with Gasteiger partial charge in [0, 0.05) is 16.6 Å². The van der Waals surface area contributed by atoms with Gasteiger partial charge in [0.25, 0.3) is 0 Å². The molecule has 2 nitrogen and oxygen atoms in total. The van der Waals surface area contributed by atoms with Crippen LogP contribution in [-0.2, 0) is 13.2 Å². The first-order valence-corrected chi connectivity index (χ1v) is 8.58. The summed E-state index contributed by atoms with van der Waals surface area (Å²) in [7, 11) is 0. The Balaban J connectivity index is 2.11. The molecule has 0 aliphatic heterocycles. The van der Waals surface area contributed by atoms with E-state index in [9.17, 15) is 0 Å². The lowest BCUT2D eigenvalue weighted by Crippen LogP contribution is -2.15. The summed E-state index contributed by atoms with van der Waals surface area (Å²) in [6.45, 7) is 6.76. The summed E-state index contributed by atoms with van der Waals surface area (Å²) in [6, 6.07) is 6.35. The van der Waals surface area contributed by atoms with Crippen LogP contribution in [0.2, 0.25) is 0 Å². The normalized spacial score (nSPS) is 10.8. The van der Waals surface area contributed by atoms with Gasteiger partial charge in [-0.1, -0.05) is 22.9 Å². The average Bonchev–Trinajstić information content (AvgIpc) is 2.91. The van der Waals surface area contributed by atoms with E-state index in [4.69, 9.17) is 4.74 Å². The maximum Gasteiger partial charge on any atom is 0.127 e. The molecule has 0 unspecified atom stereocenters. The van der Waals surface area contributed by atoms with Gasteiger partial charge in [-0.15, -0.1) is 0 Å². The van der Waals surface area contributed by atoms with Crippen LogP contribution in [0.4, 0.5) is 0 Å². The predicted octanol–water partition coefficient (Wildman–Crippen LogP) is 4.90. The lowest BCUT2D eigenvalue weighted by atomic mass is 10.1. The summed E-state index contributed by atoms with van der Waals surface area (Å²) < 4.78 is 7.15. The molecule has 1 aromatic heterocycles. The SMILES string of the molecule is CCCNCc1cc(Br)cc(C)c1OCc1ccsc1. The Labute approximate surface area is 133 Å². The Kier molecular flexibility index (Phi) is 6.07. The zero-order valence-corrected chi connectivity index (χ0v) is 14.3. The molecular formula is C16H20BrNOS. The maximum atomic E-state index is 6.04. The molecule has 0 aliphatic carbocycles. The van der Waals surface area contributed by atoms with Crippen molar-refractivity contribution >= 4 is 27.3 Å². The van der Waals surface area contributed by atoms with Crippen molar-refractivity contribution < 1.29 is 4.74 Å². The van der Waals surface area contributed by atoms with E-state index in [1.54, 1.807) is 11.3 Å². The number of hydrogen-bond acceptors (Lipinski definition) is 3. The number of benzene rings is 1. The molecule has 0 spiro atoms. The lowest BCUT2D eigenvalue weighted by Gasteiger charge is -2.15. The van der Waals surface area contributed by atoms with Crippen LogP contribution in [0.25, 0.3) is 0 Å². The van der Waals surface area contributed by atoms with E-state index < -0.39 is 0 Å². The summed E-state index contributed by atoms with van der Waals surface area (Å²) >= 11 is 5.27. The van der Waals surface area contributed by atoms with Crippen molar-refractivity contribution in [2.75, 3.05) is 6.54 Å². The highest BCUT2D eigenvalue weighted by Gasteiger charge is 2.09. The number of aryl methyl sites for hydroxylation is 1. The first-order valence-electron chi connectivity index (χ1n) is 6.84. The molecule has 0 bridgehead atoms. The number of rotatable bonds is 7. The number of thiophene rings is 1. The zero-order chi connectivity index (χ0) is 14.4. The van der Waals surface area contributed by atoms with Gasteiger partial charge in [-0.3, -0.25) is 0 Å². The topological polar surface area (TPSA) is 21.3 Å². The molecule has 2 aromatic rings. The van der Waals surface area contributed by atoms with Crippen LogP contribution in [0.15, 0.2) is 33.4 Å². The third kappa shape index (κ3) is 4.33. The summed E-state index contributed by atoms with van der Waals surface area (Å²) in [6.07, 6.45) is 1.14. The summed E-state index contributed by atoms with van der Waals surface area (Å²) in [5.41, 5.74) is 3.60. The van der Waals surface area contributed by atoms with Crippen LogP contribution < -0.4 is 10.1 Å². The molecule has 0 fully saturated rings. The zero-order valence-electron chi connectivity index (χ0n) is 11.9. The predicted molar refractivity (Wildman–Crippen MR) is 89.5 cm³/mol. The van der Waals surface area contributed by atoms with Crippen molar-refractivity contribution in [2.45, 2.75) is 33.4 Å². The maximum absolute atomic E-state index is 6.04. The minimum Gasteiger partial charge on any atom is -0.488 e. The largest absolute Gasteiger partial charge is 0.488 e. The molecule has 0 atom stereocenters. The molecule has 0 saturated heterocycles. The number of halogens is 1. The van der Waals surface area contributed by atoms with E-state index in [-0.39, 0.29) is 0 Å². The van der Waals surface area contributed by atoms with Crippen LogP contribution in [0.3, 0.4) is 0 Å². The molecule has 1 N–H and O–H groups in total. The van der Waals surface area contributed by atoms with Crippen LogP contribution in [0, 0.1) is 6.92 Å². The molecule has 108 valence electrons. The average molecular weight is 354 g/mol. The highest BCUT2D eigenvalue weighted by Crippen LogP contribution is 2.29. The third-order valence-corrected chi connectivity index (χ3v) is 4.21. The highest BCUT2D eigenvalue weighted by atomic mass is 79.9. The molecule has 0 amide bonds. The Hall–Kier alpha value is -0.840. The Bertz CT molecular complexity index is 540. The van der Waals surface area contributed by atoms with Gasteiger partial charge < -0.3 is 10.1 Å². The first-order chi connectivity index (χ1) is 9.70. The van der Waals surface area contributed by atoms with Gasteiger partial charge >= 0.3 is 0 Å². The molecule has 2 rings (SSSR count). The summed E-state index contributed by atoms with van der Waals surface area (Å²) in [4.78, 5) is 0. The second-order valence-corrected chi connectivity index (χ2v) is 6.50. The molecular weight excluding hydrogens is 334 g/mol. The fourth-order valence-electron chi connectivity index (χ4n) is 2.07.